The number of aromatic nitrogens is 2. The lowest BCUT2D eigenvalue weighted by Gasteiger charge is -2.17. The van der Waals surface area contributed by atoms with Gasteiger partial charge in [0.25, 0.3) is 11.5 Å². The molecule has 1 aromatic heterocycles. The Kier molecular flexibility index (Phi) is 7.16. The Morgan fingerprint density at radius 3 is 2.45 bits per heavy atom. The highest BCUT2D eigenvalue weighted by molar-refractivity contribution is 5.95. The number of aromatic amines is 1. The molecule has 0 fully saturated rings. The average molecular weight is 421 g/mol. The number of esters is 1. The maximum absolute atomic E-state index is 12.8. The first-order chi connectivity index (χ1) is 15.0. The van der Waals surface area contributed by atoms with Crippen molar-refractivity contribution in [3.63, 3.8) is 0 Å². The Hall–Kier alpha value is -3.94. The molecule has 0 radical (unpaired) electrons. The SMILES string of the molecule is CCOC(=O)C(NC(=O)c1cc(=O)[nH]c(Cc2ccc(OC)cc2)n1)c1ccccc1. The number of nitrogens with zero attached hydrogens (tertiary/aromatic N) is 1. The molecule has 0 aliphatic heterocycles. The van der Waals surface area contributed by atoms with Crippen LogP contribution in [-0.2, 0) is 16.0 Å². The number of hydrogen-bond donors (Lipinski definition) is 2. The number of ether oxygens (including phenoxy) is 2. The number of methoxy groups -OCH3 is 1. The third-order valence-corrected chi connectivity index (χ3v) is 4.48. The molecule has 3 aromatic rings. The summed E-state index contributed by atoms with van der Waals surface area (Å²) in [6.07, 6.45) is 0.320. The van der Waals surface area contributed by atoms with Gasteiger partial charge in [-0.25, -0.2) is 9.78 Å². The molecular formula is C23H23N3O5. The molecule has 160 valence electrons. The Labute approximate surface area is 179 Å². The smallest absolute Gasteiger partial charge is 0.333 e. The molecule has 0 saturated heterocycles. The van der Waals surface area contributed by atoms with Gasteiger partial charge >= 0.3 is 5.97 Å². The van der Waals surface area contributed by atoms with Crippen molar-refractivity contribution in [1.29, 1.82) is 0 Å². The summed E-state index contributed by atoms with van der Waals surface area (Å²) < 4.78 is 10.2. The summed E-state index contributed by atoms with van der Waals surface area (Å²) in [5.41, 5.74) is 0.904. The van der Waals surface area contributed by atoms with Gasteiger partial charge in [0, 0.05) is 12.5 Å². The molecule has 8 nitrogen and oxygen atoms in total. The second-order valence-electron chi connectivity index (χ2n) is 6.67. The lowest BCUT2D eigenvalue weighted by molar-refractivity contribution is -0.145. The van der Waals surface area contributed by atoms with E-state index in [1.807, 2.05) is 12.1 Å². The van der Waals surface area contributed by atoms with E-state index < -0.39 is 23.5 Å². The summed E-state index contributed by atoms with van der Waals surface area (Å²) in [5.74, 6) is -0.200. The molecule has 0 spiro atoms. The van der Waals surface area contributed by atoms with Crippen LogP contribution >= 0.6 is 0 Å². The quantitative estimate of drug-likeness (QED) is 0.541. The van der Waals surface area contributed by atoms with E-state index in [9.17, 15) is 14.4 Å². The average Bonchev–Trinajstić information content (AvgIpc) is 2.78. The molecule has 2 N–H and O–H groups in total. The van der Waals surface area contributed by atoms with Gasteiger partial charge in [0.05, 0.1) is 13.7 Å². The van der Waals surface area contributed by atoms with Gasteiger partial charge in [-0.1, -0.05) is 42.5 Å². The zero-order valence-electron chi connectivity index (χ0n) is 17.3. The van der Waals surface area contributed by atoms with E-state index in [2.05, 4.69) is 15.3 Å². The maximum Gasteiger partial charge on any atom is 0.333 e. The van der Waals surface area contributed by atoms with Crippen LogP contribution in [0.1, 0.15) is 40.4 Å². The minimum Gasteiger partial charge on any atom is -0.497 e. The third-order valence-electron chi connectivity index (χ3n) is 4.48. The van der Waals surface area contributed by atoms with Crippen molar-refractivity contribution in [3.8, 4) is 5.75 Å². The normalized spacial score (nSPS) is 11.4. The van der Waals surface area contributed by atoms with E-state index in [0.717, 1.165) is 11.6 Å². The fourth-order valence-electron chi connectivity index (χ4n) is 3.00. The lowest BCUT2D eigenvalue weighted by Crippen LogP contribution is -2.36. The van der Waals surface area contributed by atoms with E-state index in [4.69, 9.17) is 9.47 Å². The van der Waals surface area contributed by atoms with Gasteiger partial charge in [-0.3, -0.25) is 9.59 Å². The molecule has 1 unspecified atom stereocenters. The van der Waals surface area contributed by atoms with E-state index in [0.29, 0.717) is 23.6 Å². The molecule has 0 saturated carbocycles. The number of amides is 1. The highest BCUT2D eigenvalue weighted by Crippen LogP contribution is 2.16. The minimum atomic E-state index is -1.01. The van der Waals surface area contributed by atoms with Crippen LogP contribution in [-0.4, -0.2) is 35.6 Å². The van der Waals surface area contributed by atoms with E-state index >= 15 is 0 Å². The number of carbonyl (C=O) groups excluding carboxylic acids is 2. The highest BCUT2D eigenvalue weighted by Gasteiger charge is 2.25. The van der Waals surface area contributed by atoms with Crippen LogP contribution < -0.4 is 15.6 Å². The number of carbonyl (C=O) groups is 2. The van der Waals surface area contributed by atoms with Crippen LogP contribution in [0.5, 0.6) is 5.75 Å². The van der Waals surface area contributed by atoms with Gasteiger partial charge in [-0.05, 0) is 30.2 Å². The van der Waals surface area contributed by atoms with Crippen LogP contribution in [0.2, 0.25) is 0 Å². The van der Waals surface area contributed by atoms with Crippen molar-refractivity contribution < 1.29 is 19.1 Å². The first-order valence-corrected chi connectivity index (χ1v) is 9.75. The third kappa shape index (κ3) is 5.79. The van der Waals surface area contributed by atoms with Gasteiger partial charge in [0.15, 0.2) is 6.04 Å². The molecule has 0 aliphatic rings. The fourth-order valence-corrected chi connectivity index (χ4v) is 3.00. The fraction of sp³-hybridized carbons (Fsp3) is 0.217. The number of benzene rings is 2. The zero-order valence-corrected chi connectivity index (χ0v) is 17.3. The molecule has 31 heavy (non-hydrogen) atoms. The van der Waals surface area contributed by atoms with Gasteiger partial charge in [0.1, 0.15) is 17.3 Å². The molecule has 0 bridgehead atoms. The molecular weight excluding hydrogens is 398 g/mol. The predicted octanol–water partition coefficient (Wildman–Crippen LogP) is 2.40. The first kappa shape index (κ1) is 21.8. The summed E-state index contributed by atoms with van der Waals surface area (Å²) in [5, 5.41) is 2.62. The number of nitrogens with one attached hydrogen (secondary N) is 2. The summed E-state index contributed by atoms with van der Waals surface area (Å²) in [7, 11) is 1.58. The van der Waals surface area contributed by atoms with Crippen molar-refractivity contribution in [1.82, 2.24) is 15.3 Å². The Balaban J connectivity index is 1.82. The molecule has 3 rings (SSSR count). The number of rotatable bonds is 8. The highest BCUT2D eigenvalue weighted by atomic mass is 16.5. The van der Waals surface area contributed by atoms with Crippen LogP contribution in [0.4, 0.5) is 0 Å². The van der Waals surface area contributed by atoms with Crippen LogP contribution in [0.15, 0.2) is 65.5 Å². The first-order valence-electron chi connectivity index (χ1n) is 9.75. The van der Waals surface area contributed by atoms with Gasteiger partial charge in [0.2, 0.25) is 0 Å². The van der Waals surface area contributed by atoms with Crippen molar-refractivity contribution >= 4 is 11.9 Å². The second kappa shape index (κ2) is 10.2. The standard InChI is InChI=1S/C23H23N3O5/c1-3-31-23(29)21(16-7-5-4-6-8-16)26-22(28)18-14-20(27)25-19(24-18)13-15-9-11-17(30-2)12-10-15/h4-12,14,21H,3,13H2,1-2H3,(H,26,28)(H,24,25,27). The van der Waals surface area contributed by atoms with Crippen molar-refractivity contribution in [2.24, 2.45) is 0 Å². The summed E-state index contributed by atoms with van der Waals surface area (Å²) in [6, 6.07) is 16.1. The largest absolute Gasteiger partial charge is 0.497 e. The molecule has 2 aromatic carbocycles. The van der Waals surface area contributed by atoms with Gasteiger partial charge < -0.3 is 19.8 Å². The topological polar surface area (TPSA) is 110 Å². The minimum absolute atomic E-state index is 0.0857. The molecule has 8 heteroatoms. The Bertz CT molecular complexity index is 1090. The van der Waals surface area contributed by atoms with Crippen molar-refractivity contribution in [2.75, 3.05) is 13.7 Å². The summed E-state index contributed by atoms with van der Waals surface area (Å²) in [4.78, 5) is 44.3. The van der Waals surface area contributed by atoms with Crippen LogP contribution in [0, 0.1) is 0 Å². The van der Waals surface area contributed by atoms with E-state index in [1.54, 1.807) is 56.5 Å². The molecule has 0 aliphatic carbocycles. The second-order valence-corrected chi connectivity index (χ2v) is 6.67. The monoisotopic (exact) mass is 421 g/mol. The van der Waals surface area contributed by atoms with E-state index in [-0.39, 0.29) is 12.3 Å². The zero-order chi connectivity index (χ0) is 22.2. The van der Waals surface area contributed by atoms with Crippen molar-refractivity contribution in [2.45, 2.75) is 19.4 Å². The Morgan fingerprint density at radius 1 is 1.10 bits per heavy atom. The maximum atomic E-state index is 12.8. The van der Waals surface area contributed by atoms with Gasteiger partial charge in [-0.15, -0.1) is 0 Å². The Morgan fingerprint density at radius 2 is 1.81 bits per heavy atom. The van der Waals surface area contributed by atoms with Crippen LogP contribution in [0.3, 0.4) is 0 Å². The van der Waals surface area contributed by atoms with Crippen molar-refractivity contribution in [3.05, 3.63) is 93.7 Å². The van der Waals surface area contributed by atoms with E-state index in [1.165, 1.54) is 0 Å². The number of H-pyrrole nitrogens is 1. The summed E-state index contributed by atoms with van der Waals surface area (Å²) in [6.45, 7) is 1.86. The molecule has 1 amide bonds. The summed E-state index contributed by atoms with van der Waals surface area (Å²) >= 11 is 0. The predicted molar refractivity (Wildman–Crippen MR) is 114 cm³/mol. The lowest BCUT2D eigenvalue weighted by atomic mass is 10.1. The molecule has 1 atom stereocenters. The van der Waals surface area contributed by atoms with Crippen LogP contribution in [0.25, 0.3) is 0 Å². The van der Waals surface area contributed by atoms with Gasteiger partial charge in [-0.2, -0.15) is 0 Å². The molecule has 1 heterocycles. The number of hydrogen-bond acceptors (Lipinski definition) is 6.